The van der Waals surface area contributed by atoms with Gasteiger partial charge in [0, 0.05) is 43.9 Å². The van der Waals surface area contributed by atoms with Crippen LogP contribution < -0.4 is 10.6 Å². The monoisotopic (exact) mass is 540 g/mol. The van der Waals surface area contributed by atoms with Crippen molar-refractivity contribution in [2.24, 2.45) is 10.1 Å². The van der Waals surface area contributed by atoms with Gasteiger partial charge in [0.15, 0.2) is 0 Å². The van der Waals surface area contributed by atoms with Crippen molar-refractivity contribution in [1.29, 1.82) is 0 Å². The molecule has 3 aromatic rings. The molecule has 1 saturated heterocycles. The van der Waals surface area contributed by atoms with Gasteiger partial charge in [0.2, 0.25) is 5.82 Å². The highest BCUT2D eigenvalue weighted by Crippen LogP contribution is 2.33. The maximum absolute atomic E-state index is 13.6. The average molecular weight is 541 g/mol. The van der Waals surface area contributed by atoms with Gasteiger partial charge in [-0.25, -0.2) is 0 Å². The number of nitrogens with zero attached hydrogens (tertiary/aromatic N) is 3. The lowest BCUT2D eigenvalue weighted by molar-refractivity contribution is -0.387. The number of nitro groups is 1. The zero-order valence-electron chi connectivity index (χ0n) is 21.1. The molecule has 2 N–H and O–H groups in total. The maximum Gasteiger partial charge on any atom is 0.306 e. The lowest BCUT2D eigenvalue weighted by Gasteiger charge is -2.42. The van der Waals surface area contributed by atoms with Gasteiger partial charge in [0.05, 0.1) is 15.4 Å². The number of methoxy groups -OCH3 is 1. The fraction of sp³-hybridized carbons (Fsp3) is 0.296. The molecule has 1 heterocycles. The average Bonchev–Trinajstić information content (AvgIpc) is 2.90. The van der Waals surface area contributed by atoms with Gasteiger partial charge in [-0.15, -0.1) is 4.40 Å². The number of anilines is 1. The SMILES string of the molecule is COC1(Cc2ccccc2C)CCN(c2ccc(/C(N)=N\S(=O)(=O)c3ccc(F)c([N+](=O)[O-])c3)cc2)CC1. The molecule has 0 atom stereocenters. The summed E-state index contributed by atoms with van der Waals surface area (Å²) in [7, 11) is -2.62. The molecule has 0 radical (unpaired) electrons. The zero-order chi connectivity index (χ0) is 27.5. The first-order chi connectivity index (χ1) is 18.0. The summed E-state index contributed by atoms with van der Waals surface area (Å²) >= 11 is 0. The third kappa shape index (κ3) is 5.84. The van der Waals surface area contributed by atoms with E-state index in [9.17, 15) is 22.9 Å². The highest BCUT2D eigenvalue weighted by molar-refractivity contribution is 7.90. The number of rotatable bonds is 8. The van der Waals surface area contributed by atoms with E-state index in [-0.39, 0.29) is 11.4 Å². The second kappa shape index (κ2) is 10.9. The molecule has 9 nitrogen and oxygen atoms in total. The van der Waals surface area contributed by atoms with Crippen LogP contribution in [-0.2, 0) is 21.2 Å². The summed E-state index contributed by atoms with van der Waals surface area (Å²) in [5, 5.41) is 11.0. The predicted octanol–water partition coefficient (Wildman–Crippen LogP) is 4.36. The van der Waals surface area contributed by atoms with Gasteiger partial charge in [-0.3, -0.25) is 10.1 Å². The quantitative estimate of drug-likeness (QED) is 0.195. The van der Waals surface area contributed by atoms with E-state index in [0.717, 1.165) is 44.1 Å². The van der Waals surface area contributed by atoms with Gasteiger partial charge < -0.3 is 15.4 Å². The summed E-state index contributed by atoms with van der Waals surface area (Å²) in [4.78, 5) is 11.7. The molecular formula is C27H29FN4O5S. The van der Waals surface area contributed by atoms with Gasteiger partial charge in [-0.05, 0) is 67.3 Å². The fourth-order valence-electron chi connectivity index (χ4n) is 4.65. The van der Waals surface area contributed by atoms with Crippen LogP contribution in [0.25, 0.3) is 0 Å². The molecule has 0 amide bonds. The van der Waals surface area contributed by atoms with E-state index < -0.39 is 31.3 Å². The lowest BCUT2D eigenvalue weighted by Crippen LogP contribution is -2.47. The number of halogens is 1. The van der Waals surface area contributed by atoms with Crippen molar-refractivity contribution in [2.75, 3.05) is 25.1 Å². The first-order valence-electron chi connectivity index (χ1n) is 12.0. The van der Waals surface area contributed by atoms with Gasteiger partial charge in [0.25, 0.3) is 10.0 Å². The van der Waals surface area contributed by atoms with Crippen LogP contribution in [0.5, 0.6) is 0 Å². The number of nitrogens with two attached hydrogens (primary N) is 1. The number of hydrogen-bond acceptors (Lipinski definition) is 6. The second-order valence-corrected chi connectivity index (χ2v) is 11.0. The standard InChI is InChI=1S/C27H29FN4O5S/c1-19-5-3-4-6-21(19)18-27(37-2)13-15-31(16-14-27)22-9-7-20(8-10-22)26(29)30-38(35,36)23-11-12-24(28)25(17-23)32(33)34/h3-12,17H,13-16,18H2,1-2H3,(H2,29,30). The van der Waals surface area contributed by atoms with E-state index in [1.807, 2.05) is 24.3 Å². The Morgan fingerprint density at radius 2 is 1.79 bits per heavy atom. The summed E-state index contributed by atoms with van der Waals surface area (Å²) in [6.45, 7) is 3.69. The third-order valence-corrected chi connectivity index (χ3v) is 8.33. The molecule has 38 heavy (non-hydrogen) atoms. The molecule has 0 aromatic heterocycles. The summed E-state index contributed by atoms with van der Waals surface area (Å²) in [5.74, 6) is -1.42. The summed E-state index contributed by atoms with van der Waals surface area (Å²) in [6, 6.07) is 17.6. The zero-order valence-corrected chi connectivity index (χ0v) is 21.9. The predicted molar refractivity (Wildman–Crippen MR) is 143 cm³/mol. The van der Waals surface area contributed by atoms with Crippen LogP contribution in [-0.4, -0.2) is 45.0 Å². The van der Waals surface area contributed by atoms with Gasteiger partial charge >= 0.3 is 5.69 Å². The Kier molecular flexibility index (Phi) is 7.79. The molecule has 4 rings (SSSR count). The third-order valence-electron chi connectivity index (χ3n) is 7.04. The largest absolute Gasteiger partial charge is 0.383 e. The minimum Gasteiger partial charge on any atom is -0.383 e. The molecular weight excluding hydrogens is 511 g/mol. The Morgan fingerprint density at radius 1 is 1.13 bits per heavy atom. The lowest BCUT2D eigenvalue weighted by atomic mass is 9.83. The number of piperidine rings is 1. The van der Waals surface area contributed by atoms with Crippen molar-refractivity contribution in [1.82, 2.24) is 0 Å². The molecule has 1 fully saturated rings. The Labute approximate surface area is 221 Å². The number of benzene rings is 3. The van der Waals surface area contributed by atoms with E-state index in [1.165, 1.54) is 11.1 Å². The van der Waals surface area contributed by atoms with Crippen LogP contribution >= 0.6 is 0 Å². The fourth-order valence-corrected chi connectivity index (χ4v) is 5.62. The van der Waals surface area contributed by atoms with Crippen LogP contribution in [0.15, 0.2) is 76.0 Å². The van der Waals surface area contributed by atoms with Crippen LogP contribution in [0.3, 0.4) is 0 Å². The van der Waals surface area contributed by atoms with Gasteiger partial charge in [-0.1, -0.05) is 24.3 Å². The number of nitro benzene ring substituents is 1. The Hall–Kier alpha value is -3.83. The van der Waals surface area contributed by atoms with Crippen LogP contribution in [0.4, 0.5) is 15.8 Å². The molecule has 0 spiro atoms. The molecule has 0 saturated carbocycles. The minimum atomic E-state index is -4.39. The molecule has 11 heteroatoms. The molecule has 3 aromatic carbocycles. The molecule has 0 bridgehead atoms. The van der Waals surface area contributed by atoms with Crippen molar-refractivity contribution in [2.45, 2.75) is 36.7 Å². The van der Waals surface area contributed by atoms with Crippen molar-refractivity contribution in [3.8, 4) is 0 Å². The smallest absolute Gasteiger partial charge is 0.306 e. The maximum atomic E-state index is 13.6. The van der Waals surface area contributed by atoms with Crippen LogP contribution in [0, 0.1) is 22.9 Å². The van der Waals surface area contributed by atoms with Crippen molar-refractivity contribution >= 4 is 27.2 Å². The Balaban J connectivity index is 1.46. The van der Waals surface area contributed by atoms with Crippen molar-refractivity contribution in [3.05, 3.63) is 99.4 Å². The molecule has 1 aliphatic rings. The Morgan fingerprint density at radius 3 is 2.39 bits per heavy atom. The number of hydrogen-bond donors (Lipinski definition) is 1. The van der Waals surface area contributed by atoms with Crippen LogP contribution in [0.1, 0.15) is 29.5 Å². The summed E-state index contributed by atoms with van der Waals surface area (Å²) in [5.41, 5.74) is 8.62. The van der Waals surface area contributed by atoms with E-state index in [2.05, 4.69) is 28.4 Å². The highest BCUT2D eigenvalue weighted by Gasteiger charge is 2.35. The number of aryl methyl sites for hydroxylation is 1. The molecule has 0 unspecified atom stereocenters. The van der Waals surface area contributed by atoms with E-state index in [0.29, 0.717) is 17.7 Å². The minimum absolute atomic E-state index is 0.233. The number of ether oxygens (including phenoxy) is 1. The van der Waals surface area contributed by atoms with E-state index >= 15 is 0 Å². The molecule has 1 aliphatic heterocycles. The molecule has 200 valence electrons. The highest BCUT2D eigenvalue weighted by atomic mass is 32.2. The first kappa shape index (κ1) is 27.2. The molecule has 0 aliphatic carbocycles. The normalized spacial score (nSPS) is 15.9. The van der Waals surface area contributed by atoms with Crippen molar-refractivity contribution in [3.63, 3.8) is 0 Å². The summed E-state index contributed by atoms with van der Waals surface area (Å²) < 4.78 is 48.4. The Bertz CT molecular complexity index is 1470. The van der Waals surface area contributed by atoms with E-state index in [1.54, 1.807) is 19.2 Å². The summed E-state index contributed by atoms with van der Waals surface area (Å²) in [6.07, 6.45) is 2.55. The number of amidine groups is 1. The van der Waals surface area contributed by atoms with Crippen molar-refractivity contribution < 1.29 is 22.5 Å². The topological polar surface area (TPSA) is 128 Å². The van der Waals surface area contributed by atoms with E-state index in [4.69, 9.17) is 10.5 Å². The first-order valence-corrected chi connectivity index (χ1v) is 13.5. The van der Waals surface area contributed by atoms with Crippen LogP contribution in [0.2, 0.25) is 0 Å². The number of sulfonamides is 1. The van der Waals surface area contributed by atoms with Gasteiger partial charge in [0.1, 0.15) is 5.84 Å². The van der Waals surface area contributed by atoms with Gasteiger partial charge in [-0.2, -0.15) is 12.8 Å². The second-order valence-electron chi connectivity index (χ2n) is 9.35.